The lowest BCUT2D eigenvalue weighted by atomic mass is 10.2. The third-order valence-electron chi connectivity index (χ3n) is 3.16. The zero-order chi connectivity index (χ0) is 14.4. The van der Waals surface area contributed by atoms with E-state index in [4.69, 9.17) is 16.3 Å². The molecule has 118 valence electrons. The van der Waals surface area contributed by atoms with Gasteiger partial charge in [-0.15, -0.1) is 12.4 Å². The molecular formula is C14H20Cl2N2O2S. The zero-order valence-electron chi connectivity index (χ0n) is 11.9. The molecule has 21 heavy (non-hydrogen) atoms. The van der Waals surface area contributed by atoms with E-state index in [0.717, 1.165) is 23.6 Å². The highest BCUT2D eigenvalue weighted by atomic mass is 35.5. The van der Waals surface area contributed by atoms with Gasteiger partial charge in [-0.3, -0.25) is 4.79 Å². The minimum Gasteiger partial charge on any atom is -0.496 e. The number of carbonyl (C=O) groups is 1. The lowest BCUT2D eigenvalue weighted by molar-refractivity contribution is -0.121. The molecule has 1 saturated heterocycles. The maximum absolute atomic E-state index is 11.9. The van der Waals surface area contributed by atoms with Crippen molar-refractivity contribution in [2.45, 2.75) is 19.0 Å². The van der Waals surface area contributed by atoms with Crippen LogP contribution >= 0.6 is 35.8 Å². The molecule has 1 fully saturated rings. The molecule has 1 aliphatic heterocycles. The quantitative estimate of drug-likeness (QED) is 0.856. The fourth-order valence-corrected chi connectivity index (χ4v) is 3.22. The smallest absolute Gasteiger partial charge is 0.221 e. The van der Waals surface area contributed by atoms with Crippen molar-refractivity contribution >= 4 is 41.7 Å². The first-order valence-electron chi connectivity index (χ1n) is 6.59. The fourth-order valence-electron chi connectivity index (χ4n) is 2.11. The Morgan fingerprint density at radius 2 is 2.38 bits per heavy atom. The predicted octanol–water partition coefficient (Wildman–Crippen LogP) is 2.48. The Bertz CT molecular complexity index is 468. The molecule has 0 radical (unpaired) electrons. The molecule has 2 N–H and O–H groups in total. The van der Waals surface area contributed by atoms with Crippen molar-refractivity contribution in [2.75, 3.05) is 25.2 Å². The van der Waals surface area contributed by atoms with Crippen LogP contribution in [0, 0.1) is 0 Å². The van der Waals surface area contributed by atoms with Crippen molar-refractivity contribution in [3.63, 3.8) is 0 Å². The van der Waals surface area contributed by atoms with Crippen molar-refractivity contribution in [3.8, 4) is 5.75 Å². The number of methoxy groups -OCH3 is 1. The third kappa shape index (κ3) is 5.94. The van der Waals surface area contributed by atoms with Crippen LogP contribution in [0.4, 0.5) is 0 Å². The SMILES string of the molecule is COc1cc(Cl)ccc1CNC(=O)CC1CSCCN1.Cl. The number of thioether (sulfide) groups is 1. The summed E-state index contributed by atoms with van der Waals surface area (Å²) in [7, 11) is 1.60. The number of benzene rings is 1. The van der Waals surface area contributed by atoms with Gasteiger partial charge in [0.1, 0.15) is 5.75 Å². The van der Waals surface area contributed by atoms with E-state index in [2.05, 4.69) is 10.6 Å². The van der Waals surface area contributed by atoms with Gasteiger partial charge in [0.15, 0.2) is 0 Å². The summed E-state index contributed by atoms with van der Waals surface area (Å²) in [5, 5.41) is 6.91. The second kappa shape index (κ2) is 9.41. The molecule has 1 aromatic rings. The van der Waals surface area contributed by atoms with Crippen LogP contribution in [0.3, 0.4) is 0 Å². The molecule has 0 bridgehead atoms. The zero-order valence-corrected chi connectivity index (χ0v) is 14.2. The lowest BCUT2D eigenvalue weighted by Gasteiger charge is -2.22. The van der Waals surface area contributed by atoms with Crippen molar-refractivity contribution < 1.29 is 9.53 Å². The summed E-state index contributed by atoms with van der Waals surface area (Å²) in [4.78, 5) is 11.9. The fraction of sp³-hybridized carbons (Fsp3) is 0.500. The molecule has 0 aromatic heterocycles. The van der Waals surface area contributed by atoms with E-state index < -0.39 is 0 Å². The third-order valence-corrected chi connectivity index (χ3v) is 4.52. The second-order valence-corrected chi connectivity index (χ2v) is 6.25. The van der Waals surface area contributed by atoms with Crippen molar-refractivity contribution in [1.82, 2.24) is 10.6 Å². The van der Waals surface area contributed by atoms with E-state index in [0.29, 0.717) is 23.7 Å². The molecule has 1 heterocycles. The Morgan fingerprint density at radius 3 is 3.05 bits per heavy atom. The summed E-state index contributed by atoms with van der Waals surface area (Å²) in [6.45, 7) is 1.44. The van der Waals surface area contributed by atoms with Gasteiger partial charge in [0, 0.05) is 47.6 Å². The van der Waals surface area contributed by atoms with Crippen LogP contribution in [-0.4, -0.2) is 37.1 Å². The van der Waals surface area contributed by atoms with Gasteiger partial charge >= 0.3 is 0 Å². The van der Waals surface area contributed by atoms with Crippen LogP contribution in [0.15, 0.2) is 18.2 Å². The first-order chi connectivity index (χ1) is 9.69. The summed E-state index contributed by atoms with van der Waals surface area (Å²) >= 11 is 7.80. The first-order valence-corrected chi connectivity index (χ1v) is 8.12. The molecule has 1 aromatic carbocycles. The van der Waals surface area contributed by atoms with Gasteiger partial charge in [-0.05, 0) is 12.1 Å². The van der Waals surface area contributed by atoms with E-state index in [1.54, 1.807) is 19.2 Å². The number of halogens is 2. The number of hydrogen-bond donors (Lipinski definition) is 2. The topological polar surface area (TPSA) is 50.4 Å². The first kappa shape index (κ1) is 18.4. The summed E-state index contributed by atoms with van der Waals surface area (Å²) < 4.78 is 5.26. The van der Waals surface area contributed by atoms with Crippen LogP contribution in [0.1, 0.15) is 12.0 Å². The van der Waals surface area contributed by atoms with E-state index in [-0.39, 0.29) is 24.4 Å². The minimum absolute atomic E-state index is 0. The maximum atomic E-state index is 11.9. The molecule has 1 amide bonds. The predicted molar refractivity (Wildman–Crippen MR) is 90.8 cm³/mol. The molecule has 2 rings (SSSR count). The number of hydrogen-bond acceptors (Lipinski definition) is 4. The molecule has 1 aliphatic rings. The molecular weight excluding hydrogens is 331 g/mol. The Balaban J connectivity index is 0.00000220. The number of nitrogens with one attached hydrogen (secondary N) is 2. The average molecular weight is 351 g/mol. The van der Waals surface area contributed by atoms with E-state index in [1.807, 2.05) is 17.8 Å². The normalized spacial score (nSPS) is 17.7. The second-order valence-electron chi connectivity index (χ2n) is 4.66. The Hall–Kier alpha value is -0.620. The standard InChI is InChI=1S/C14H19ClN2O2S.ClH/c1-19-13-6-11(15)3-2-10(13)8-17-14(18)7-12-9-20-5-4-16-12;/h2-3,6,12,16H,4-5,7-9H2,1H3,(H,17,18);1H. The van der Waals surface area contributed by atoms with Gasteiger partial charge in [0.25, 0.3) is 0 Å². The van der Waals surface area contributed by atoms with Gasteiger partial charge in [0.2, 0.25) is 5.91 Å². The van der Waals surface area contributed by atoms with Gasteiger partial charge in [-0.1, -0.05) is 17.7 Å². The van der Waals surface area contributed by atoms with Gasteiger partial charge < -0.3 is 15.4 Å². The summed E-state index contributed by atoms with van der Waals surface area (Å²) in [5.74, 6) is 2.88. The van der Waals surface area contributed by atoms with Gasteiger partial charge in [0.05, 0.1) is 7.11 Å². The Kier molecular flexibility index (Phi) is 8.26. The Morgan fingerprint density at radius 1 is 1.57 bits per heavy atom. The summed E-state index contributed by atoms with van der Waals surface area (Å²) in [6.07, 6.45) is 0.517. The largest absolute Gasteiger partial charge is 0.496 e. The monoisotopic (exact) mass is 350 g/mol. The van der Waals surface area contributed by atoms with Gasteiger partial charge in [-0.25, -0.2) is 0 Å². The van der Waals surface area contributed by atoms with Crippen LogP contribution < -0.4 is 15.4 Å². The van der Waals surface area contributed by atoms with E-state index in [1.165, 1.54) is 0 Å². The van der Waals surface area contributed by atoms with Crippen molar-refractivity contribution in [1.29, 1.82) is 0 Å². The maximum Gasteiger partial charge on any atom is 0.221 e. The molecule has 0 aliphatic carbocycles. The van der Waals surface area contributed by atoms with Crippen LogP contribution in [0.25, 0.3) is 0 Å². The van der Waals surface area contributed by atoms with Gasteiger partial charge in [-0.2, -0.15) is 11.8 Å². The number of amides is 1. The van der Waals surface area contributed by atoms with E-state index >= 15 is 0 Å². The van der Waals surface area contributed by atoms with Crippen molar-refractivity contribution in [2.24, 2.45) is 0 Å². The number of carbonyl (C=O) groups excluding carboxylic acids is 1. The highest BCUT2D eigenvalue weighted by molar-refractivity contribution is 7.99. The van der Waals surface area contributed by atoms with E-state index in [9.17, 15) is 4.79 Å². The summed E-state index contributed by atoms with van der Waals surface area (Å²) in [6, 6.07) is 5.70. The molecule has 7 heteroatoms. The molecule has 4 nitrogen and oxygen atoms in total. The molecule has 0 spiro atoms. The van der Waals surface area contributed by atoms with Crippen LogP contribution in [-0.2, 0) is 11.3 Å². The highest BCUT2D eigenvalue weighted by Gasteiger charge is 2.16. The highest BCUT2D eigenvalue weighted by Crippen LogP contribution is 2.22. The molecule has 1 atom stereocenters. The molecule has 0 saturated carbocycles. The number of rotatable bonds is 5. The number of ether oxygens (including phenoxy) is 1. The van der Waals surface area contributed by atoms with Crippen molar-refractivity contribution in [3.05, 3.63) is 28.8 Å². The Labute approximate surface area is 140 Å². The van der Waals surface area contributed by atoms with Crippen LogP contribution in [0.5, 0.6) is 5.75 Å². The lowest BCUT2D eigenvalue weighted by Crippen LogP contribution is -2.41. The minimum atomic E-state index is 0. The average Bonchev–Trinajstić information content (AvgIpc) is 2.47. The molecule has 1 unspecified atom stereocenters. The summed E-state index contributed by atoms with van der Waals surface area (Å²) in [5.41, 5.74) is 0.927. The van der Waals surface area contributed by atoms with Crippen LogP contribution in [0.2, 0.25) is 5.02 Å².